The van der Waals surface area contributed by atoms with Crippen LogP contribution in [0, 0.1) is 17.8 Å². The van der Waals surface area contributed by atoms with Crippen LogP contribution in [-0.2, 0) is 35.6 Å². The van der Waals surface area contributed by atoms with Gasteiger partial charge in [-0.15, -0.1) is 0 Å². The molecule has 3 aliphatic heterocycles. The van der Waals surface area contributed by atoms with Crippen LogP contribution >= 0.6 is 0 Å². The molecule has 1 aromatic carbocycles. The molecule has 1 saturated heterocycles. The number of aromatic nitrogens is 1. The van der Waals surface area contributed by atoms with Crippen molar-refractivity contribution in [2.45, 2.75) is 132 Å². The maximum absolute atomic E-state index is 14.9. The van der Waals surface area contributed by atoms with E-state index in [9.17, 15) is 40.8 Å². The van der Waals surface area contributed by atoms with E-state index in [1.807, 2.05) is 37.3 Å². The smallest absolute Gasteiger partial charge is 0.408 e. The standard InChI is InChI=1S/C42H54F3N5O9S/c1-24-11-6-7-12-26-21-42(26,37(53)49-60(55,56)41(23-43)16-17-41)48-34(51)31-20-27(58-35-29-14-9-8-13-28(29)33-30(46-35)15-10-18-57-33)22-50(31)36(52)32(25(2)19-24)47-38(54)59-39(3,4)40(5,44)45/h7-9,12-14,24-27,31-32H,6,10-11,15-23H2,1-5H3,(H,47,54)(H,48,51)(H,49,53)/b12-7-/t24-,25-,26-,27-,31+,32?,42-/m1/s1. The molecule has 60 heavy (non-hydrogen) atoms. The molecule has 4 amide bonds. The number of rotatable bonds is 9. The molecule has 1 unspecified atom stereocenters. The summed E-state index contributed by atoms with van der Waals surface area (Å²) in [5, 5.41) is 6.75. The number of nitrogens with zero attached hydrogens (tertiary/aromatic N) is 2. The molecule has 0 spiro atoms. The first-order chi connectivity index (χ1) is 28.2. The second-order valence-electron chi connectivity index (χ2n) is 17.9. The van der Waals surface area contributed by atoms with Crippen LogP contribution in [-0.4, -0.2) is 102 Å². The molecule has 3 N–H and O–H groups in total. The number of nitrogens with one attached hydrogen (secondary N) is 3. The predicted octanol–water partition coefficient (Wildman–Crippen LogP) is 5.27. The Bertz CT molecular complexity index is 2180. The molecule has 2 saturated carbocycles. The van der Waals surface area contributed by atoms with Crippen molar-refractivity contribution in [3.63, 3.8) is 0 Å². The number of hydrogen-bond acceptors (Lipinski definition) is 10. The highest BCUT2D eigenvalue weighted by molar-refractivity contribution is 7.91. The molecule has 0 radical (unpaired) electrons. The van der Waals surface area contributed by atoms with E-state index in [1.165, 1.54) is 4.90 Å². The van der Waals surface area contributed by atoms with Gasteiger partial charge in [-0.1, -0.05) is 44.2 Å². The third kappa shape index (κ3) is 8.36. The fraction of sp³-hybridized carbons (Fsp3) is 0.643. The molecule has 18 heteroatoms. The van der Waals surface area contributed by atoms with Gasteiger partial charge in [0.05, 0.1) is 18.8 Å². The summed E-state index contributed by atoms with van der Waals surface area (Å²) in [5.74, 6) is -6.21. The van der Waals surface area contributed by atoms with E-state index in [-0.39, 0.29) is 44.0 Å². The number of pyridine rings is 1. The lowest BCUT2D eigenvalue weighted by Gasteiger charge is -2.35. The molecule has 7 rings (SSSR count). The number of aryl methyl sites for hydroxylation is 1. The number of hydrogen-bond donors (Lipinski definition) is 3. The first-order valence-electron chi connectivity index (χ1n) is 20.7. The van der Waals surface area contributed by atoms with Gasteiger partial charge in [0.1, 0.15) is 40.9 Å². The van der Waals surface area contributed by atoms with E-state index in [2.05, 4.69) is 15.4 Å². The number of benzene rings is 1. The molecule has 328 valence electrons. The SMILES string of the molecule is C[C@@H]1CC/C=C\[C@@H]2C[C@@]2(C(=O)NS(=O)(=O)C2(CF)CC2)NC(=O)[C@@H]2C[C@@H](Oc3nc4c(c5ccccc35)OCCC4)CN2C(=O)C(NC(=O)OC(C)(C)C(C)(F)F)[C@H](C)C1. The predicted molar refractivity (Wildman–Crippen MR) is 213 cm³/mol. The second-order valence-corrected chi connectivity index (χ2v) is 20.0. The first kappa shape index (κ1) is 43.5. The van der Waals surface area contributed by atoms with E-state index in [0.717, 1.165) is 25.7 Å². The number of ether oxygens (including phenoxy) is 3. The van der Waals surface area contributed by atoms with Crippen LogP contribution in [0.3, 0.4) is 0 Å². The summed E-state index contributed by atoms with van der Waals surface area (Å²) >= 11 is 0. The van der Waals surface area contributed by atoms with Crippen molar-refractivity contribution in [2.75, 3.05) is 19.8 Å². The highest BCUT2D eigenvalue weighted by Crippen LogP contribution is 2.48. The minimum atomic E-state index is -4.44. The molecule has 5 aliphatic rings. The molecule has 0 bridgehead atoms. The number of carbonyl (C=O) groups is 4. The molecular formula is C42H54F3N5O9S. The van der Waals surface area contributed by atoms with Crippen molar-refractivity contribution in [2.24, 2.45) is 17.8 Å². The quantitative estimate of drug-likeness (QED) is 0.281. The fourth-order valence-electron chi connectivity index (χ4n) is 8.48. The van der Waals surface area contributed by atoms with E-state index in [0.29, 0.717) is 56.0 Å². The average molecular weight is 862 g/mol. The van der Waals surface area contributed by atoms with Gasteiger partial charge in [0.25, 0.3) is 11.8 Å². The summed E-state index contributed by atoms with van der Waals surface area (Å²) in [7, 11) is -4.44. The Morgan fingerprint density at radius 2 is 1.82 bits per heavy atom. The van der Waals surface area contributed by atoms with Gasteiger partial charge in [-0.05, 0) is 83.1 Å². The minimum absolute atomic E-state index is 0.00953. The third-order valence-corrected chi connectivity index (χ3v) is 15.0. The van der Waals surface area contributed by atoms with Crippen LogP contribution in [0.4, 0.5) is 18.0 Å². The normalized spacial score (nSPS) is 29.9. The van der Waals surface area contributed by atoms with E-state index >= 15 is 0 Å². The number of halogens is 3. The number of sulfonamides is 1. The van der Waals surface area contributed by atoms with Crippen molar-refractivity contribution < 1.29 is 55.0 Å². The largest absolute Gasteiger partial charge is 0.491 e. The molecular weight excluding hydrogens is 808 g/mol. The molecule has 4 heterocycles. The average Bonchev–Trinajstić information content (AvgIpc) is 4.09. The topological polar surface area (TPSA) is 182 Å². The Labute approximate surface area is 347 Å². The Morgan fingerprint density at radius 3 is 2.50 bits per heavy atom. The second kappa shape index (κ2) is 16.0. The summed E-state index contributed by atoms with van der Waals surface area (Å²) in [5.41, 5.74) is -3.27. The highest BCUT2D eigenvalue weighted by atomic mass is 32.2. The minimum Gasteiger partial charge on any atom is -0.491 e. The van der Waals surface area contributed by atoms with Gasteiger partial charge in [-0.25, -0.2) is 31.4 Å². The van der Waals surface area contributed by atoms with Gasteiger partial charge in [0, 0.05) is 30.0 Å². The van der Waals surface area contributed by atoms with Gasteiger partial charge >= 0.3 is 6.09 Å². The lowest BCUT2D eigenvalue weighted by atomic mass is 9.88. The Hall–Kier alpha value is -4.61. The van der Waals surface area contributed by atoms with Gasteiger partial charge in [-0.2, -0.15) is 0 Å². The zero-order valence-electron chi connectivity index (χ0n) is 34.5. The number of allylic oxidation sites excluding steroid dienone is 1. The third-order valence-electron chi connectivity index (χ3n) is 12.9. The Balaban J connectivity index is 1.24. The van der Waals surface area contributed by atoms with Crippen LogP contribution in [0.1, 0.15) is 91.7 Å². The Morgan fingerprint density at radius 1 is 1.10 bits per heavy atom. The van der Waals surface area contributed by atoms with Crippen molar-refractivity contribution in [1.29, 1.82) is 0 Å². The molecule has 14 nitrogen and oxygen atoms in total. The molecule has 2 aliphatic carbocycles. The van der Waals surface area contributed by atoms with E-state index in [4.69, 9.17) is 19.2 Å². The highest BCUT2D eigenvalue weighted by Gasteiger charge is 2.64. The monoisotopic (exact) mass is 861 g/mol. The lowest BCUT2D eigenvalue weighted by molar-refractivity contribution is -0.152. The summed E-state index contributed by atoms with van der Waals surface area (Å²) < 4.78 is 87.3. The van der Waals surface area contributed by atoms with Crippen molar-refractivity contribution >= 4 is 44.6 Å². The first-order valence-corrected chi connectivity index (χ1v) is 22.2. The summed E-state index contributed by atoms with van der Waals surface area (Å²) in [4.78, 5) is 62.9. The molecule has 1 aromatic heterocycles. The maximum Gasteiger partial charge on any atom is 0.408 e. The summed E-state index contributed by atoms with van der Waals surface area (Å²) in [6.45, 7) is 5.64. The van der Waals surface area contributed by atoms with Crippen LogP contribution in [0.2, 0.25) is 0 Å². The number of fused-ring (bicyclic) bond motifs is 5. The van der Waals surface area contributed by atoms with E-state index < -0.39 is 92.3 Å². The number of carbonyl (C=O) groups excluding carboxylic acids is 4. The maximum atomic E-state index is 14.9. The summed E-state index contributed by atoms with van der Waals surface area (Å²) in [6.07, 6.45) is 4.53. The van der Waals surface area contributed by atoms with Crippen molar-refractivity contribution in [3.05, 3.63) is 42.1 Å². The molecule has 2 aromatic rings. The van der Waals surface area contributed by atoms with Crippen LogP contribution in [0.5, 0.6) is 11.6 Å². The number of alkyl carbamates (subject to hydrolysis) is 1. The number of alkyl halides is 3. The molecule has 3 fully saturated rings. The zero-order chi connectivity index (χ0) is 43.4. The molecule has 7 atom stereocenters. The number of amides is 4. The van der Waals surface area contributed by atoms with Gasteiger partial charge in [0.15, 0.2) is 5.60 Å². The fourth-order valence-corrected chi connectivity index (χ4v) is 9.90. The van der Waals surface area contributed by atoms with Crippen LogP contribution in [0.15, 0.2) is 36.4 Å². The van der Waals surface area contributed by atoms with Gasteiger partial charge < -0.3 is 29.7 Å². The van der Waals surface area contributed by atoms with Gasteiger partial charge in [0.2, 0.25) is 27.7 Å². The van der Waals surface area contributed by atoms with Crippen molar-refractivity contribution in [1.82, 2.24) is 25.2 Å². The summed E-state index contributed by atoms with van der Waals surface area (Å²) in [6, 6.07) is 4.74. The Kier molecular flexibility index (Phi) is 11.6. The van der Waals surface area contributed by atoms with Gasteiger partial charge in [-0.3, -0.25) is 19.1 Å². The van der Waals surface area contributed by atoms with E-state index in [1.54, 1.807) is 13.0 Å². The van der Waals surface area contributed by atoms with Crippen LogP contribution in [0.25, 0.3) is 10.8 Å². The van der Waals surface area contributed by atoms with Crippen LogP contribution < -0.4 is 24.8 Å². The van der Waals surface area contributed by atoms with Crippen molar-refractivity contribution in [3.8, 4) is 11.6 Å². The lowest BCUT2D eigenvalue weighted by Crippen LogP contribution is -2.60. The zero-order valence-corrected chi connectivity index (χ0v) is 35.3.